The summed E-state index contributed by atoms with van der Waals surface area (Å²) in [7, 11) is 0. The van der Waals surface area contributed by atoms with Gasteiger partial charge in [0.2, 0.25) is 0 Å². The molecule has 0 atom stereocenters. The summed E-state index contributed by atoms with van der Waals surface area (Å²) >= 11 is 5.78. The lowest BCUT2D eigenvalue weighted by Gasteiger charge is -2.08. The summed E-state index contributed by atoms with van der Waals surface area (Å²) in [5.74, 6) is -0.407. The van der Waals surface area contributed by atoms with Gasteiger partial charge in [-0.1, -0.05) is 11.6 Å². The molecule has 6 nitrogen and oxygen atoms in total. The third-order valence-corrected chi connectivity index (χ3v) is 6.01. The minimum Gasteiger partial charge on any atom is -0.381 e. The molecule has 0 bridgehead atoms. The molecular formula is C26H29ClFN5O. The number of hydrogen-bond donors (Lipinski definition) is 0. The van der Waals surface area contributed by atoms with E-state index in [1.165, 1.54) is 44.5 Å². The van der Waals surface area contributed by atoms with Crippen molar-refractivity contribution in [2.45, 2.75) is 52.0 Å². The molecule has 1 aromatic carbocycles. The third-order valence-electron chi connectivity index (χ3n) is 5.78. The zero-order chi connectivity index (χ0) is 23.9. The number of halogens is 2. The Labute approximate surface area is 204 Å². The van der Waals surface area contributed by atoms with E-state index < -0.39 is 5.82 Å². The molecule has 1 aliphatic carbocycles. The Balaban J connectivity index is 0.000000158. The molecule has 34 heavy (non-hydrogen) atoms. The zero-order valence-corrected chi connectivity index (χ0v) is 20.3. The van der Waals surface area contributed by atoms with Crippen molar-refractivity contribution in [1.82, 2.24) is 24.7 Å². The molecule has 178 valence electrons. The summed E-state index contributed by atoms with van der Waals surface area (Å²) in [5.41, 5.74) is 3.40. The van der Waals surface area contributed by atoms with Crippen LogP contribution in [-0.2, 0) is 4.74 Å². The Kier molecular flexibility index (Phi) is 8.19. The highest BCUT2D eigenvalue weighted by atomic mass is 35.5. The SMILES string of the molecule is C1CCOCC1.Cc1cc2c(-c3ccc(Cl)cc3F)ncnc2nc1C.c1cnn(C2CC2)c1. The fraction of sp³-hybridized carbons (Fsp3) is 0.385. The molecule has 4 heterocycles. The van der Waals surface area contributed by atoms with Crippen molar-refractivity contribution in [2.24, 2.45) is 0 Å². The molecule has 2 aliphatic rings. The van der Waals surface area contributed by atoms with Crippen LogP contribution in [0.25, 0.3) is 22.3 Å². The second-order valence-electron chi connectivity index (χ2n) is 8.50. The smallest absolute Gasteiger partial charge is 0.163 e. The highest BCUT2D eigenvalue weighted by molar-refractivity contribution is 6.30. The van der Waals surface area contributed by atoms with Crippen molar-refractivity contribution < 1.29 is 9.13 Å². The molecule has 0 unspecified atom stereocenters. The van der Waals surface area contributed by atoms with Gasteiger partial charge in [0.1, 0.15) is 12.1 Å². The topological polar surface area (TPSA) is 65.7 Å². The number of ether oxygens (including phenoxy) is 1. The first-order valence-electron chi connectivity index (χ1n) is 11.6. The van der Waals surface area contributed by atoms with E-state index in [0.717, 1.165) is 35.9 Å². The van der Waals surface area contributed by atoms with Crippen LogP contribution in [0.2, 0.25) is 5.02 Å². The minimum atomic E-state index is -0.407. The number of nitrogens with zero attached hydrogens (tertiary/aromatic N) is 5. The minimum absolute atomic E-state index is 0.356. The van der Waals surface area contributed by atoms with Gasteiger partial charge in [0.15, 0.2) is 5.65 Å². The summed E-state index contributed by atoms with van der Waals surface area (Å²) < 4.78 is 21.2. The average molecular weight is 482 g/mol. The van der Waals surface area contributed by atoms with Crippen LogP contribution in [0.3, 0.4) is 0 Å². The van der Waals surface area contributed by atoms with E-state index in [1.807, 2.05) is 43.1 Å². The molecule has 1 saturated carbocycles. The quantitative estimate of drug-likeness (QED) is 0.326. The normalized spacial score (nSPS) is 15.2. The predicted octanol–water partition coefficient (Wildman–Crippen LogP) is 6.51. The highest BCUT2D eigenvalue weighted by Gasteiger charge is 2.22. The standard InChI is InChI=1S/C15H11ClFN3.C6H8N2.C5H10O/c1-8-5-12-14(11-4-3-10(16)6-13(11)17)18-7-19-15(12)20-9(8)2;1-4-7-8(5-1)6-2-3-6;1-2-4-6-5-3-1/h3-7H,1-2H3;1,4-6H,2-3H2;1-5H2. The number of aromatic nitrogens is 5. The van der Waals surface area contributed by atoms with Crippen molar-refractivity contribution in [3.63, 3.8) is 0 Å². The fourth-order valence-corrected chi connectivity index (χ4v) is 3.75. The van der Waals surface area contributed by atoms with E-state index in [-0.39, 0.29) is 0 Å². The maximum atomic E-state index is 14.1. The molecule has 1 aliphatic heterocycles. The summed E-state index contributed by atoms with van der Waals surface area (Å²) in [6.07, 6.45) is 11.8. The Morgan fingerprint density at radius 2 is 1.85 bits per heavy atom. The van der Waals surface area contributed by atoms with Gasteiger partial charge in [0.25, 0.3) is 0 Å². The third kappa shape index (κ3) is 6.36. The van der Waals surface area contributed by atoms with Gasteiger partial charge in [0.05, 0.1) is 11.7 Å². The van der Waals surface area contributed by atoms with Crippen molar-refractivity contribution >= 4 is 22.6 Å². The predicted molar refractivity (Wildman–Crippen MR) is 132 cm³/mol. The molecule has 0 N–H and O–H groups in total. The number of benzene rings is 1. The van der Waals surface area contributed by atoms with Crippen LogP contribution in [0.1, 0.15) is 49.4 Å². The van der Waals surface area contributed by atoms with Crippen LogP contribution < -0.4 is 0 Å². The van der Waals surface area contributed by atoms with E-state index in [1.54, 1.807) is 12.1 Å². The monoisotopic (exact) mass is 481 g/mol. The largest absolute Gasteiger partial charge is 0.381 e. The fourth-order valence-electron chi connectivity index (χ4n) is 3.60. The summed E-state index contributed by atoms with van der Waals surface area (Å²) in [6, 6.07) is 9.18. The maximum Gasteiger partial charge on any atom is 0.163 e. The number of pyridine rings is 1. The van der Waals surface area contributed by atoms with Crippen LogP contribution in [0.4, 0.5) is 4.39 Å². The lowest BCUT2D eigenvalue weighted by atomic mass is 10.1. The van der Waals surface area contributed by atoms with Gasteiger partial charge in [-0.2, -0.15) is 5.10 Å². The molecule has 6 rings (SSSR count). The van der Waals surface area contributed by atoms with Crippen molar-refractivity contribution in [1.29, 1.82) is 0 Å². The van der Waals surface area contributed by atoms with Gasteiger partial charge >= 0.3 is 0 Å². The Morgan fingerprint density at radius 3 is 2.44 bits per heavy atom. The summed E-state index contributed by atoms with van der Waals surface area (Å²) in [6.45, 7) is 5.87. The van der Waals surface area contributed by atoms with Gasteiger partial charge in [-0.05, 0) is 81.8 Å². The maximum absolute atomic E-state index is 14.1. The van der Waals surface area contributed by atoms with Gasteiger partial charge in [-0.3, -0.25) is 4.68 Å². The van der Waals surface area contributed by atoms with E-state index in [0.29, 0.717) is 21.9 Å². The Hall–Kier alpha value is -2.90. The number of rotatable bonds is 2. The van der Waals surface area contributed by atoms with Crippen LogP contribution in [0.5, 0.6) is 0 Å². The number of aryl methyl sites for hydroxylation is 2. The van der Waals surface area contributed by atoms with Gasteiger partial charge in [0, 0.05) is 47.3 Å². The summed E-state index contributed by atoms with van der Waals surface area (Å²) in [4.78, 5) is 12.8. The Bertz CT molecular complexity index is 1210. The molecule has 0 amide bonds. The molecule has 8 heteroatoms. The number of fused-ring (bicyclic) bond motifs is 1. The molecule has 0 spiro atoms. The molecule has 3 aromatic heterocycles. The van der Waals surface area contributed by atoms with Crippen LogP contribution >= 0.6 is 11.6 Å². The van der Waals surface area contributed by atoms with Crippen molar-refractivity contribution in [2.75, 3.05) is 13.2 Å². The van der Waals surface area contributed by atoms with Gasteiger partial charge < -0.3 is 4.74 Å². The lowest BCUT2D eigenvalue weighted by molar-refractivity contribution is 0.0968. The van der Waals surface area contributed by atoms with E-state index in [2.05, 4.69) is 20.1 Å². The average Bonchev–Trinajstić information content (AvgIpc) is 3.55. The van der Waals surface area contributed by atoms with Crippen molar-refractivity contribution in [3.05, 3.63) is 71.2 Å². The van der Waals surface area contributed by atoms with Crippen molar-refractivity contribution in [3.8, 4) is 11.3 Å². The lowest BCUT2D eigenvalue weighted by Crippen LogP contribution is -2.03. The molecule has 4 aromatic rings. The van der Waals surface area contributed by atoms with Gasteiger partial charge in [-0.15, -0.1) is 0 Å². The molecule has 2 fully saturated rings. The first-order chi connectivity index (χ1) is 16.5. The zero-order valence-electron chi connectivity index (χ0n) is 19.5. The Morgan fingerprint density at radius 1 is 1.06 bits per heavy atom. The van der Waals surface area contributed by atoms with Gasteiger partial charge in [-0.25, -0.2) is 19.3 Å². The number of hydrogen-bond acceptors (Lipinski definition) is 5. The van der Waals surface area contributed by atoms with E-state index in [4.69, 9.17) is 16.3 Å². The van der Waals surface area contributed by atoms with E-state index >= 15 is 0 Å². The molecule has 1 saturated heterocycles. The molecular weight excluding hydrogens is 453 g/mol. The second-order valence-corrected chi connectivity index (χ2v) is 8.94. The van der Waals surface area contributed by atoms with Crippen LogP contribution in [0, 0.1) is 19.7 Å². The van der Waals surface area contributed by atoms with Crippen LogP contribution in [-0.4, -0.2) is 37.9 Å². The summed E-state index contributed by atoms with van der Waals surface area (Å²) in [5, 5.41) is 5.18. The first-order valence-corrected chi connectivity index (χ1v) is 12.0. The van der Waals surface area contributed by atoms with E-state index in [9.17, 15) is 4.39 Å². The highest BCUT2D eigenvalue weighted by Crippen LogP contribution is 2.33. The van der Waals surface area contributed by atoms with Crippen LogP contribution in [0.15, 0.2) is 49.1 Å². The second kappa shape index (κ2) is 11.5. The first kappa shape index (κ1) is 24.2. The molecule has 0 radical (unpaired) electrons.